The molecule has 0 fully saturated rings. The molecule has 1 aromatic carbocycles. The third-order valence-corrected chi connectivity index (χ3v) is 3.75. The van der Waals surface area contributed by atoms with Gasteiger partial charge in [0.1, 0.15) is 18.2 Å². The topological polar surface area (TPSA) is 63.8 Å². The SMILES string of the molecule is C=Cc1cc(OCc2c(F)cccc2F)c2nc(C)c(C(=O)O)n2c1. The van der Waals surface area contributed by atoms with Crippen LogP contribution in [-0.4, -0.2) is 20.5 Å². The first-order valence-electron chi connectivity index (χ1n) is 7.36. The van der Waals surface area contributed by atoms with Gasteiger partial charge in [-0.15, -0.1) is 0 Å². The second-order valence-electron chi connectivity index (χ2n) is 5.38. The molecule has 0 unspecified atom stereocenters. The van der Waals surface area contributed by atoms with Crippen LogP contribution in [0, 0.1) is 18.6 Å². The van der Waals surface area contributed by atoms with Crippen LogP contribution in [0.4, 0.5) is 8.78 Å². The van der Waals surface area contributed by atoms with Crippen molar-refractivity contribution in [1.29, 1.82) is 0 Å². The number of fused-ring (bicyclic) bond motifs is 1. The lowest BCUT2D eigenvalue weighted by Gasteiger charge is -2.10. The number of imidazole rings is 1. The van der Waals surface area contributed by atoms with Crippen molar-refractivity contribution in [3.8, 4) is 5.75 Å². The minimum Gasteiger partial charge on any atom is -0.485 e. The molecule has 0 aliphatic carbocycles. The molecule has 25 heavy (non-hydrogen) atoms. The summed E-state index contributed by atoms with van der Waals surface area (Å²) in [5, 5.41) is 9.36. The van der Waals surface area contributed by atoms with Crippen LogP contribution in [0.25, 0.3) is 11.7 Å². The van der Waals surface area contributed by atoms with Crippen molar-refractivity contribution >= 4 is 17.7 Å². The highest BCUT2D eigenvalue weighted by Gasteiger charge is 2.19. The Labute approximate surface area is 141 Å². The number of aromatic carboxylic acids is 1. The van der Waals surface area contributed by atoms with Gasteiger partial charge < -0.3 is 9.84 Å². The zero-order valence-electron chi connectivity index (χ0n) is 13.3. The number of aromatic nitrogens is 2. The predicted molar refractivity (Wildman–Crippen MR) is 87.7 cm³/mol. The Morgan fingerprint density at radius 2 is 2.08 bits per heavy atom. The van der Waals surface area contributed by atoms with E-state index in [4.69, 9.17) is 4.74 Å². The molecule has 5 nitrogen and oxygen atoms in total. The van der Waals surface area contributed by atoms with Gasteiger partial charge in [-0.3, -0.25) is 4.40 Å². The first-order valence-corrected chi connectivity index (χ1v) is 7.36. The van der Waals surface area contributed by atoms with Crippen LogP contribution < -0.4 is 4.74 Å². The molecule has 0 spiro atoms. The van der Waals surface area contributed by atoms with Crippen LogP contribution >= 0.6 is 0 Å². The van der Waals surface area contributed by atoms with E-state index in [-0.39, 0.29) is 29.3 Å². The van der Waals surface area contributed by atoms with E-state index in [2.05, 4.69) is 11.6 Å². The second-order valence-corrected chi connectivity index (χ2v) is 5.38. The van der Waals surface area contributed by atoms with Gasteiger partial charge in [0.25, 0.3) is 0 Å². The van der Waals surface area contributed by atoms with E-state index < -0.39 is 17.6 Å². The van der Waals surface area contributed by atoms with Gasteiger partial charge in [-0.25, -0.2) is 18.6 Å². The molecule has 0 atom stereocenters. The minimum absolute atomic E-state index is 0.0133. The number of ether oxygens (including phenoxy) is 1. The summed E-state index contributed by atoms with van der Waals surface area (Å²) in [5.74, 6) is -2.38. The van der Waals surface area contributed by atoms with E-state index in [1.54, 1.807) is 19.2 Å². The minimum atomic E-state index is -1.14. The number of nitrogens with zero attached hydrogens (tertiary/aromatic N) is 2. The molecular weight excluding hydrogens is 330 g/mol. The summed E-state index contributed by atoms with van der Waals surface area (Å²) in [6.45, 7) is 4.85. The van der Waals surface area contributed by atoms with Crippen molar-refractivity contribution in [2.75, 3.05) is 0 Å². The van der Waals surface area contributed by atoms with Gasteiger partial charge >= 0.3 is 5.97 Å². The summed E-state index contributed by atoms with van der Waals surface area (Å²) >= 11 is 0. The molecule has 0 aliphatic heterocycles. The largest absolute Gasteiger partial charge is 0.485 e. The molecule has 0 saturated carbocycles. The Morgan fingerprint density at radius 3 is 2.68 bits per heavy atom. The Morgan fingerprint density at radius 1 is 1.40 bits per heavy atom. The molecule has 7 heteroatoms. The summed E-state index contributed by atoms with van der Waals surface area (Å²) in [4.78, 5) is 15.7. The molecule has 1 N–H and O–H groups in total. The molecule has 0 amide bonds. The number of carbonyl (C=O) groups is 1. The van der Waals surface area contributed by atoms with Crippen LogP contribution in [-0.2, 0) is 6.61 Å². The molecular formula is C18H14F2N2O3. The summed E-state index contributed by atoms with van der Waals surface area (Å²) in [6.07, 6.45) is 3.07. The smallest absolute Gasteiger partial charge is 0.354 e. The monoisotopic (exact) mass is 344 g/mol. The van der Waals surface area contributed by atoms with Gasteiger partial charge in [0, 0.05) is 6.20 Å². The number of pyridine rings is 1. The molecule has 0 radical (unpaired) electrons. The Bertz CT molecular complexity index is 975. The first-order chi connectivity index (χ1) is 11.9. The number of aryl methyl sites for hydroxylation is 1. The second kappa shape index (κ2) is 6.35. The van der Waals surface area contributed by atoms with Crippen molar-refractivity contribution in [2.24, 2.45) is 0 Å². The number of hydrogen-bond acceptors (Lipinski definition) is 3. The lowest BCUT2D eigenvalue weighted by atomic mass is 10.2. The zero-order valence-corrected chi connectivity index (χ0v) is 13.3. The van der Waals surface area contributed by atoms with Crippen LogP contribution in [0.5, 0.6) is 5.75 Å². The van der Waals surface area contributed by atoms with Crippen molar-refractivity contribution < 1.29 is 23.4 Å². The highest BCUT2D eigenvalue weighted by atomic mass is 19.1. The Balaban J connectivity index is 2.08. The first kappa shape index (κ1) is 16.6. The molecule has 128 valence electrons. The van der Waals surface area contributed by atoms with Crippen LogP contribution in [0.3, 0.4) is 0 Å². The van der Waals surface area contributed by atoms with Gasteiger partial charge in [-0.05, 0) is 30.7 Å². The summed E-state index contributed by atoms with van der Waals surface area (Å²) in [6, 6.07) is 5.13. The van der Waals surface area contributed by atoms with Gasteiger partial charge in [0.2, 0.25) is 0 Å². The average molecular weight is 344 g/mol. The van der Waals surface area contributed by atoms with E-state index >= 15 is 0 Å². The maximum Gasteiger partial charge on any atom is 0.354 e. The fourth-order valence-corrected chi connectivity index (χ4v) is 2.54. The fourth-order valence-electron chi connectivity index (χ4n) is 2.54. The maximum absolute atomic E-state index is 13.8. The number of carboxylic acid groups (broad SMARTS) is 1. The van der Waals surface area contributed by atoms with Crippen molar-refractivity contribution in [3.63, 3.8) is 0 Å². The summed E-state index contributed by atoms with van der Waals surface area (Å²) in [7, 11) is 0. The molecule has 3 aromatic rings. The molecule has 3 rings (SSSR count). The van der Waals surface area contributed by atoms with Gasteiger partial charge in [-0.1, -0.05) is 18.7 Å². The average Bonchev–Trinajstić information content (AvgIpc) is 2.90. The molecule has 2 heterocycles. The highest BCUT2D eigenvalue weighted by Crippen LogP contribution is 2.26. The van der Waals surface area contributed by atoms with Gasteiger partial charge in [-0.2, -0.15) is 0 Å². The van der Waals surface area contributed by atoms with Crippen molar-refractivity contribution in [3.05, 3.63) is 71.2 Å². The standard InChI is InChI=1S/C18H14F2N2O3/c1-3-11-7-15(25-9-12-13(19)5-4-6-14(12)20)17-21-10(2)16(18(23)24)22(17)8-11/h3-8H,1,9H2,2H3,(H,23,24). The maximum atomic E-state index is 13.8. The quantitative estimate of drug-likeness (QED) is 0.764. The van der Waals surface area contributed by atoms with E-state index in [1.165, 1.54) is 16.5 Å². The molecule has 0 bridgehead atoms. The molecule has 0 aliphatic rings. The number of halogens is 2. The van der Waals surface area contributed by atoms with E-state index in [1.807, 2.05) is 0 Å². The lowest BCUT2D eigenvalue weighted by molar-refractivity contribution is 0.0688. The van der Waals surface area contributed by atoms with Crippen LogP contribution in [0.1, 0.15) is 27.3 Å². The molecule has 2 aromatic heterocycles. The third-order valence-electron chi connectivity index (χ3n) is 3.75. The number of carboxylic acids is 1. The zero-order chi connectivity index (χ0) is 18.1. The lowest BCUT2D eigenvalue weighted by Crippen LogP contribution is -2.06. The summed E-state index contributed by atoms with van der Waals surface area (Å²) in [5.41, 5.74) is 0.899. The van der Waals surface area contributed by atoms with Crippen molar-refractivity contribution in [2.45, 2.75) is 13.5 Å². The van der Waals surface area contributed by atoms with Gasteiger partial charge in [0.15, 0.2) is 17.1 Å². The van der Waals surface area contributed by atoms with E-state index in [0.29, 0.717) is 11.3 Å². The van der Waals surface area contributed by atoms with Gasteiger partial charge in [0.05, 0.1) is 11.3 Å². The van der Waals surface area contributed by atoms with Crippen LogP contribution in [0.15, 0.2) is 37.0 Å². The highest BCUT2D eigenvalue weighted by molar-refractivity contribution is 5.89. The van der Waals surface area contributed by atoms with Crippen LogP contribution in [0.2, 0.25) is 0 Å². The molecule has 0 saturated heterocycles. The number of benzene rings is 1. The van der Waals surface area contributed by atoms with E-state index in [9.17, 15) is 18.7 Å². The Hall–Kier alpha value is -3.22. The third kappa shape index (κ3) is 2.96. The predicted octanol–water partition coefficient (Wildman–Crippen LogP) is 3.84. The summed E-state index contributed by atoms with van der Waals surface area (Å²) < 4.78 is 34.4. The normalized spacial score (nSPS) is 10.8. The number of hydrogen-bond donors (Lipinski definition) is 1. The number of rotatable bonds is 5. The Kier molecular flexibility index (Phi) is 4.22. The van der Waals surface area contributed by atoms with Crippen molar-refractivity contribution in [1.82, 2.24) is 9.38 Å². The van der Waals surface area contributed by atoms with E-state index in [0.717, 1.165) is 12.1 Å². The fraction of sp³-hybridized carbons (Fsp3) is 0.111.